The monoisotopic (exact) mass is 854 g/mol. The molecule has 302 valence electrons. The van der Waals surface area contributed by atoms with Gasteiger partial charge < -0.3 is 33.3 Å². The van der Waals surface area contributed by atoms with E-state index in [1.54, 1.807) is 12.0 Å². The summed E-state index contributed by atoms with van der Waals surface area (Å²) in [4.78, 5) is 53.4. The summed E-state index contributed by atoms with van der Waals surface area (Å²) in [5, 5.41) is 14.7. The summed E-state index contributed by atoms with van der Waals surface area (Å²) in [7, 11) is -2.13. The Kier molecular flexibility index (Phi) is 23.8. The molecule has 0 aliphatic carbocycles. The summed E-state index contributed by atoms with van der Waals surface area (Å²) < 4.78 is 26.6. The van der Waals surface area contributed by atoms with Crippen LogP contribution in [0.3, 0.4) is 0 Å². The summed E-state index contributed by atoms with van der Waals surface area (Å²) in [5.74, 6) is 0.966. The molecule has 54 heavy (non-hydrogen) atoms. The minimum atomic E-state index is -4.35. The summed E-state index contributed by atoms with van der Waals surface area (Å²) in [5.41, 5.74) is 3.14. The van der Waals surface area contributed by atoms with Crippen LogP contribution in [-0.2, 0) is 48.0 Å². The number of carbonyl (C=O) groups excluding carboxylic acids is 1. The number of halogens is 3. The van der Waals surface area contributed by atoms with Crippen LogP contribution in [0, 0.1) is 12.3 Å². The summed E-state index contributed by atoms with van der Waals surface area (Å²) in [6.45, 7) is 9.60. The van der Waals surface area contributed by atoms with Gasteiger partial charge in [-0.1, -0.05) is 81.9 Å². The number of nitrogens with one attached hydrogen (secondary N) is 1. The van der Waals surface area contributed by atoms with Crippen LogP contribution in [0.15, 0.2) is 39.5 Å². The Labute approximate surface area is 335 Å². The standard InChI is InChI=1S/C15H14Cl2N2O3.C14H20ClNO2.C3H8NO5P.C3H9S/c1-5-6-21-12-8-11(9(16)7-10(12)17)19-14(20)22-13(18-19)15(2,3)4;1-4-11-7-6-8-12(5-2)14(11)16(10-18-3)13(17)9-15;5-3(6)1-4-2-10(7,8)9;1-4(2)3/h1,7-8H,6H2,2-4H3;6-8H,4-5,9-10H2,1-3H3;4H,1-2H2,(H,5,6)(H2,7,8,9);1-3H3/q;;;+1/p-1. The van der Waals surface area contributed by atoms with E-state index in [0.717, 1.165) is 34.3 Å². The van der Waals surface area contributed by atoms with Gasteiger partial charge in [0.1, 0.15) is 32.6 Å². The van der Waals surface area contributed by atoms with Gasteiger partial charge in [0.2, 0.25) is 11.8 Å². The van der Waals surface area contributed by atoms with E-state index in [0.29, 0.717) is 28.2 Å². The number of aromatic nitrogens is 2. The molecule has 0 radical (unpaired) electrons. The Morgan fingerprint density at radius 3 is 2.11 bits per heavy atom. The first-order chi connectivity index (χ1) is 25.1. The molecule has 0 aliphatic heterocycles. The van der Waals surface area contributed by atoms with Crippen molar-refractivity contribution >= 4 is 70.9 Å². The molecule has 0 saturated heterocycles. The van der Waals surface area contributed by atoms with E-state index in [4.69, 9.17) is 65.1 Å². The van der Waals surface area contributed by atoms with Crippen LogP contribution >= 0.6 is 42.4 Å². The van der Waals surface area contributed by atoms with Gasteiger partial charge in [0.25, 0.3) is 0 Å². The zero-order valence-electron chi connectivity index (χ0n) is 31.9. The smallest absolute Gasteiger partial charge is 0.442 e. The number of nitrogens with zero attached hydrogens (tertiary/aromatic N) is 3. The van der Waals surface area contributed by atoms with Gasteiger partial charge in [-0.2, -0.15) is 4.68 Å². The lowest BCUT2D eigenvalue weighted by molar-refractivity contribution is -0.193. The molecule has 3 rings (SSSR count). The summed E-state index contributed by atoms with van der Waals surface area (Å²) >= 11 is 17.9. The second-order valence-electron chi connectivity index (χ2n) is 12.4. The summed E-state index contributed by atoms with van der Waals surface area (Å²) in [6, 6.07) is 9.06. The first kappa shape index (κ1) is 51.0. The molecule has 0 spiro atoms. The quantitative estimate of drug-likeness (QED) is 0.0679. The van der Waals surface area contributed by atoms with Crippen molar-refractivity contribution in [3.63, 3.8) is 0 Å². The molecule has 3 N–H and O–H groups in total. The number of carbonyl (C=O) groups is 2. The highest BCUT2D eigenvalue weighted by atomic mass is 35.5. The number of carboxylic acids is 1. The topological polar surface area (TPSA) is 196 Å². The number of carboxylic acid groups (broad SMARTS) is 1. The van der Waals surface area contributed by atoms with E-state index >= 15 is 0 Å². The van der Waals surface area contributed by atoms with Crippen molar-refractivity contribution in [3.8, 4) is 23.8 Å². The number of rotatable bonds is 13. The highest BCUT2D eigenvalue weighted by molar-refractivity contribution is 7.94. The predicted molar refractivity (Wildman–Crippen MR) is 216 cm³/mol. The minimum Gasteiger partial charge on any atom is -0.778 e. The number of anilines is 1. The van der Waals surface area contributed by atoms with E-state index in [9.17, 15) is 23.8 Å². The zero-order chi connectivity index (χ0) is 41.8. The number of benzene rings is 2. The molecule has 1 heterocycles. The van der Waals surface area contributed by atoms with E-state index in [1.165, 1.54) is 12.1 Å². The van der Waals surface area contributed by atoms with Crippen LogP contribution in [0.4, 0.5) is 5.69 Å². The van der Waals surface area contributed by atoms with Crippen molar-refractivity contribution in [2.75, 3.05) is 62.8 Å². The fourth-order valence-electron chi connectivity index (χ4n) is 3.97. The van der Waals surface area contributed by atoms with Crippen molar-refractivity contribution in [1.29, 1.82) is 0 Å². The predicted octanol–water partition coefficient (Wildman–Crippen LogP) is 5.09. The highest BCUT2D eigenvalue weighted by Gasteiger charge is 2.24. The maximum Gasteiger partial charge on any atom is 0.442 e. The van der Waals surface area contributed by atoms with E-state index in [-0.39, 0.29) is 35.2 Å². The lowest BCUT2D eigenvalue weighted by Gasteiger charge is -2.26. The number of alkyl halides is 1. The lowest BCUT2D eigenvalue weighted by atomic mass is 9.97. The Morgan fingerprint density at radius 1 is 1.15 bits per heavy atom. The van der Waals surface area contributed by atoms with Crippen LogP contribution in [0.5, 0.6) is 5.75 Å². The number of ether oxygens (including phenoxy) is 2. The minimum absolute atomic E-state index is 0.0371. The molecule has 1 atom stereocenters. The molecule has 0 bridgehead atoms. The van der Waals surface area contributed by atoms with Gasteiger partial charge in [0.15, 0.2) is 0 Å². The Morgan fingerprint density at radius 2 is 1.70 bits per heavy atom. The number of amides is 1. The molecule has 19 heteroatoms. The third-order valence-corrected chi connectivity index (χ3v) is 7.68. The average Bonchev–Trinajstić information content (AvgIpc) is 3.47. The molecular weight excluding hydrogens is 806 g/mol. The molecular formula is C35H50Cl3N4O10PS. The Balaban J connectivity index is 0.000000786. The molecule has 1 amide bonds. The van der Waals surface area contributed by atoms with Gasteiger partial charge in [-0.05, 0) is 40.9 Å². The number of hydrogen-bond acceptors (Lipinski definition) is 10. The lowest BCUT2D eigenvalue weighted by Crippen LogP contribution is -2.35. The number of para-hydroxylation sites is 1. The van der Waals surface area contributed by atoms with Gasteiger partial charge in [-0.25, -0.2) is 4.79 Å². The second kappa shape index (κ2) is 25.2. The van der Waals surface area contributed by atoms with E-state index in [2.05, 4.69) is 43.6 Å². The van der Waals surface area contributed by atoms with E-state index < -0.39 is 37.6 Å². The number of aliphatic carboxylic acids is 1. The summed E-state index contributed by atoms with van der Waals surface area (Å²) in [6.07, 6.45) is 12.8. The van der Waals surface area contributed by atoms with Crippen molar-refractivity contribution < 1.29 is 42.9 Å². The van der Waals surface area contributed by atoms with Crippen LogP contribution in [0.25, 0.3) is 5.69 Å². The highest BCUT2D eigenvalue weighted by Crippen LogP contribution is 2.33. The number of hydrogen-bond donors (Lipinski definition) is 3. The number of aryl methyl sites for hydroxylation is 2. The molecule has 1 aromatic heterocycles. The van der Waals surface area contributed by atoms with Crippen molar-refractivity contribution in [2.45, 2.75) is 52.9 Å². The maximum absolute atomic E-state index is 12.0. The van der Waals surface area contributed by atoms with Crippen molar-refractivity contribution in [3.05, 3.63) is 67.9 Å². The zero-order valence-corrected chi connectivity index (χ0v) is 35.9. The van der Waals surface area contributed by atoms with Gasteiger partial charge >= 0.3 is 11.7 Å². The van der Waals surface area contributed by atoms with Gasteiger partial charge in [-0.15, -0.1) is 23.1 Å². The number of methoxy groups -OCH3 is 1. The molecule has 1 unspecified atom stereocenters. The van der Waals surface area contributed by atoms with Crippen molar-refractivity contribution in [2.24, 2.45) is 0 Å². The fraction of sp³-hybridized carbons (Fsp3) is 0.486. The third kappa shape index (κ3) is 19.0. The van der Waals surface area contributed by atoms with Crippen LogP contribution in [0.1, 0.15) is 51.6 Å². The first-order valence-electron chi connectivity index (χ1n) is 16.1. The SMILES string of the molecule is C#CCOc1cc(-n2nc(C(C)(C)C)oc2=O)c(Cl)cc1Cl.CCc1cccc(CC)c1N(COC)C(=O)CCl.C[S+](C)C.O=C(O)CNCP(=O)([O-])O. The Hall–Kier alpha value is -3.03. The van der Waals surface area contributed by atoms with Gasteiger partial charge in [0.05, 0.1) is 53.0 Å². The molecule has 0 fully saturated rings. The molecule has 0 aliphatic rings. The number of terminal acetylenes is 1. The Bertz CT molecular complexity index is 1760. The largest absolute Gasteiger partial charge is 0.778 e. The third-order valence-electron chi connectivity index (χ3n) is 6.23. The molecule has 2 aromatic carbocycles. The maximum atomic E-state index is 12.0. The van der Waals surface area contributed by atoms with Crippen LogP contribution in [0.2, 0.25) is 10.0 Å². The van der Waals surface area contributed by atoms with Gasteiger partial charge in [-0.3, -0.25) is 19.8 Å². The van der Waals surface area contributed by atoms with Gasteiger partial charge in [0, 0.05) is 18.6 Å². The fourth-order valence-corrected chi connectivity index (χ4v) is 5.03. The molecule has 0 saturated carbocycles. The van der Waals surface area contributed by atoms with Crippen LogP contribution < -0.4 is 25.6 Å². The molecule has 14 nitrogen and oxygen atoms in total. The molecule has 3 aromatic rings. The van der Waals surface area contributed by atoms with E-state index in [1.807, 2.05) is 44.3 Å². The van der Waals surface area contributed by atoms with Crippen LogP contribution in [-0.4, -0.2) is 89.6 Å². The normalized spacial score (nSPS) is 11.7. The average molecular weight is 856 g/mol. The van der Waals surface area contributed by atoms with Crippen molar-refractivity contribution in [1.82, 2.24) is 15.1 Å². The second-order valence-corrected chi connectivity index (χ2v) is 17.5. The first-order valence-corrected chi connectivity index (χ1v) is 21.6.